The molecule has 1 aromatic carbocycles. The number of methoxy groups -OCH3 is 1. The Bertz CT molecular complexity index is 696. The minimum atomic E-state index is -3.50. The molecule has 2 heterocycles. The van der Waals surface area contributed by atoms with Crippen LogP contribution in [0.2, 0.25) is 0 Å². The number of hydrogen-bond acceptors (Lipinski definition) is 4. The van der Waals surface area contributed by atoms with E-state index >= 15 is 0 Å². The van der Waals surface area contributed by atoms with Crippen molar-refractivity contribution in [3.8, 4) is 5.75 Å². The van der Waals surface area contributed by atoms with E-state index in [0.29, 0.717) is 6.54 Å². The van der Waals surface area contributed by atoms with Crippen molar-refractivity contribution >= 4 is 10.0 Å². The number of benzene rings is 1. The number of H-pyrrole nitrogens is 1. The van der Waals surface area contributed by atoms with Crippen molar-refractivity contribution < 1.29 is 13.2 Å². The quantitative estimate of drug-likeness (QED) is 0.936. The predicted molar refractivity (Wildman–Crippen MR) is 77.4 cm³/mol. The van der Waals surface area contributed by atoms with Gasteiger partial charge in [-0.15, -0.1) is 0 Å². The van der Waals surface area contributed by atoms with Crippen LogP contribution in [0.1, 0.15) is 24.4 Å². The molecule has 0 radical (unpaired) electrons. The minimum Gasteiger partial charge on any atom is -0.497 e. The monoisotopic (exact) mass is 307 g/mol. The van der Waals surface area contributed by atoms with E-state index in [2.05, 4.69) is 10.2 Å². The lowest BCUT2D eigenvalue weighted by Gasteiger charge is -2.23. The summed E-state index contributed by atoms with van der Waals surface area (Å²) in [6.45, 7) is 0.532. The van der Waals surface area contributed by atoms with E-state index in [1.165, 1.54) is 12.4 Å². The highest BCUT2D eigenvalue weighted by atomic mass is 32.2. The van der Waals surface area contributed by atoms with Crippen molar-refractivity contribution in [3.63, 3.8) is 0 Å². The van der Waals surface area contributed by atoms with Gasteiger partial charge in [0.1, 0.15) is 10.6 Å². The lowest BCUT2D eigenvalue weighted by atomic mass is 10.1. The third kappa shape index (κ3) is 2.54. The smallest absolute Gasteiger partial charge is 0.246 e. The molecule has 7 heteroatoms. The van der Waals surface area contributed by atoms with Crippen LogP contribution in [0.25, 0.3) is 0 Å². The first kappa shape index (κ1) is 14.1. The number of sulfonamides is 1. The normalized spacial score (nSPS) is 19.8. The Labute approximate surface area is 123 Å². The van der Waals surface area contributed by atoms with Gasteiger partial charge in [0.15, 0.2) is 0 Å². The second kappa shape index (κ2) is 5.50. The van der Waals surface area contributed by atoms with E-state index in [1.54, 1.807) is 11.4 Å². The van der Waals surface area contributed by atoms with E-state index in [0.717, 1.165) is 24.2 Å². The fourth-order valence-electron chi connectivity index (χ4n) is 2.70. The van der Waals surface area contributed by atoms with Crippen LogP contribution in [0.3, 0.4) is 0 Å². The van der Waals surface area contributed by atoms with Crippen molar-refractivity contribution in [1.29, 1.82) is 0 Å². The molecule has 6 nitrogen and oxygen atoms in total. The molecule has 1 atom stereocenters. The number of ether oxygens (including phenoxy) is 1. The Morgan fingerprint density at radius 1 is 1.33 bits per heavy atom. The van der Waals surface area contributed by atoms with Gasteiger partial charge < -0.3 is 4.74 Å². The van der Waals surface area contributed by atoms with Gasteiger partial charge in [0.2, 0.25) is 10.0 Å². The minimum absolute atomic E-state index is 0.129. The van der Waals surface area contributed by atoms with Gasteiger partial charge in [-0.3, -0.25) is 5.10 Å². The van der Waals surface area contributed by atoms with Crippen LogP contribution >= 0.6 is 0 Å². The number of aromatic nitrogens is 2. The summed E-state index contributed by atoms with van der Waals surface area (Å²) in [5.41, 5.74) is 0.986. The zero-order valence-electron chi connectivity index (χ0n) is 11.7. The summed E-state index contributed by atoms with van der Waals surface area (Å²) in [5.74, 6) is 0.765. The van der Waals surface area contributed by atoms with Crippen LogP contribution in [-0.2, 0) is 10.0 Å². The molecule has 21 heavy (non-hydrogen) atoms. The summed E-state index contributed by atoms with van der Waals surface area (Å²) in [4.78, 5) is 0.211. The molecule has 1 aliphatic rings. The predicted octanol–water partition coefficient (Wildman–Crippen LogP) is 1.94. The average molecular weight is 307 g/mol. The molecule has 0 aliphatic carbocycles. The third-order valence-corrected chi connectivity index (χ3v) is 5.66. The SMILES string of the molecule is COc1ccc([C@@H]2CCCN2S(=O)(=O)c2cn[nH]c2)cc1. The van der Waals surface area contributed by atoms with Crippen molar-refractivity contribution in [3.05, 3.63) is 42.2 Å². The molecular weight excluding hydrogens is 290 g/mol. The van der Waals surface area contributed by atoms with Gasteiger partial charge in [-0.1, -0.05) is 12.1 Å². The van der Waals surface area contributed by atoms with Crippen LogP contribution in [0.15, 0.2) is 41.6 Å². The Kier molecular flexibility index (Phi) is 3.69. The fourth-order valence-corrected chi connectivity index (χ4v) is 4.29. The Balaban J connectivity index is 1.92. The molecule has 2 aromatic rings. The number of nitrogens with zero attached hydrogens (tertiary/aromatic N) is 2. The molecule has 0 amide bonds. The van der Waals surface area contributed by atoms with Gasteiger partial charge in [0, 0.05) is 12.7 Å². The lowest BCUT2D eigenvalue weighted by Crippen LogP contribution is -2.30. The van der Waals surface area contributed by atoms with Crippen LogP contribution in [0, 0.1) is 0 Å². The number of nitrogens with one attached hydrogen (secondary N) is 1. The molecule has 3 rings (SSSR count). The van der Waals surface area contributed by atoms with Crippen molar-refractivity contribution in [2.45, 2.75) is 23.8 Å². The zero-order chi connectivity index (χ0) is 14.9. The Morgan fingerprint density at radius 3 is 2.71 bits per heavy atom. The van der Waals surface area contributed by atoms with E-state index in [1.807, 2.05) is 24.3 Å². The molecule has 1 aliphatic heterocycles. The van der Waals surface area contributed by atoms with E-state index < -0.39 is 10.0 Å². The first-order valence-corrected chi connectivity index (χ1v) is 8.21. The van der Waals surface area contributed by atoms with Crippen molar-refractivity contribution in [2.75, 3.05) is 13.7 Å². The van der Waals surface area contributed by atoms with Gasteiger partial charge in [-0.2, -0.15) is 9.40 Å². The average Bonchev–Trinajstić information content (AvgIpc) is 3.19. The molecular formula is C14H17N3O3S. The molecule has 1 aromatic heterocycles. The topological polar surface area (TPSA) is 75.3 Å². The number of rotatable bonds is 4. The van der Waals surface area contributed by atoms with Gasteiger partial charge in [0.25, 0.3) is 0 Å². The van der Waals surface area contributed by atoms with E-state index in [4.69, 9.17) is 4.74 Å². The first-order chi connectivity index (χ1) is 10.1. The molecule has 1 N–H and O–H groups in total. The Hall–Kier alpha value is -1.86. The van der Waals surface area contributed by atoms with Gasteiger partial charge in [-0.05, 0) is 30.5 Å². The molecule has 0 spiro atoms. The van der Waals surface area contributed by atoms with E-state index in [-0.39, 0.29) is 10.9 Å². The Morgan fingerprint density at radius 2 is 2.10 bits per heavy atom. The molecule has 1 saturated heterocycles. The summed E-state index contributed by atoms with van der Waals surface area (Å²) in [6.07, 6.45) is 4.44. The molecule has 0 saturated carbocycles. The van der Waals surface area contributed by atoms with Gasteiger partial charge >= 0.3 is 0 Å². The van der Waals surface area contributed by atoms with Gasteiger partial charge in [0.05, 0.1) is 19.3 Å². The van der Waals surface area contributed by atoms with Crippen molar-refractivity contribution in [2.24, 2.45) is 0 Å². The summed E-state index contributed by atoms with van der Waals surface area (Å²) >= 11 is 0. The van der Waals surface area contributed by atoms with Crippen LogP contribution in [0.4, 0.5) is 0 Å². The first-order valence-electron chi connectivity index (χ1n) is 6.77. The third-order valence-electron chi connectivity index (χ3n) is 3.78. The van der Waals surface area contributed by atoms with Crippen LogP contribution in [0.5, 0.6) is 5.75 Å². The molecule has 112 valence electrons. The maximum Gasteiger partial charge on any atom is 0.246 e. The van der Waals surface area contributed by atoms with Crippen LogP contribution in [-0.4, -0.2) is 36.6 Å². The number of hydrogen-bond donors (Lipinski definition) is 1. The second-order valence-corrected chi connectivity index (χ2v) is 6.87. The maximum atomic E-state index is 12.6. The highest BCUT2D eigenvalue weighted by Crippen LogP contribution is 2.36. The molecule has 0 bridgehead atoms. The maximum absolute atomic E-state index is 12.6. The van der Waals surface area contributed by atoms with E-state index in [9.17, 15) is 8.42 Å². The fraction of sp³-hybridized carbons (Fsp3) is 0.357. The van der Waals surface area contributed by atoms with Crippen LogP contribution < -0.4 is 4.74 Å². The molecule has 1 fully saturated rings. The number of aromatic amines is 1. The van der Waals surface area contributed by atoms with Crippen molar-refractivity contribution in [1.82, 2.24) is 14.5 Å². The zero-order valence-corrected chi connectivity index (χ0v) is 12.5. The summed E-state index contributed by atoms with van der Waals surface area (Å²) < 4.78 is 32.0. The summed E-state index contributed by atoms with van der Waals surface area (Å²) in [5, 5.41) is 6.29. The second-order valence-electron chi connectivity index (χ2n) is 4.98. The standard InChI is InChI=1S/C14H17N3O3S/c1-20-12-6-4-11(5-7-12)14-3-2-8-17(14)21(18,19)13-9-15-16-10-13/h4-7,9-10,14H,2-3,8H2,1H3,(H,15,16)/t14-/m0/s1. The lowest BCUT2D eigenvalue weighted by molar-refractivity contribution is 0.394. The summed E-state index contributed by atoms with van der Waals surface area (Å²) in [6, 6.07) is 7.43. The largest absolute Gasteiger partial charge is 0.497 e. The molecule has 0 unspecified atom stereocenters. The highest BCUT2D eigenvalue weighted by Gasteiger charge is 2.36. The summed E-state index contributed by atoms with van der Waals surface area (Å²) in [7, 11) is -1.89. The highest BCUT2D eigenvalue weighted by molar-refractivity contribution is 7.89. The van der Waals surface area contributed by atoms with Gasteiger partial charge in [-0.25, -0.2) is 8.42 Å².